The van der Waals surface area contributed by atoms with Crippen molar-refractivity contribution in [3.63, 3.8) is 0 Å². The van der Waals surface area contributed by atoms with E-state index in [2.05, 4.69) is 26.1 Å². The van der Waals surface area contributed by atoms with E-state index < -0.39 is 12.2 Å². The number of benzene rings is 1. The first kappa shape index (κ1) is 17.0. The molecule has 4 nitrogen and oxygen atoms in total. The fourth-order valence-corrected chi connectivity index (χ4v) is 1.96. The van der Waals surface area contributed by atoms with Crippen molar-refractivity contribution in [1.82, 2.24) is 5.32 Å². The van der Waals surface area contributed by atoms with Crippen molar-refractivity contribution >= 4 is 0 Å². The van der Waals surface area contributed by atoms with Gasteiger partial charge in [-0.2, -0.15) is 0 Å². The Morgan fingerprint density at radius 1 is 1.05 bits per heavy atom. The number of hydrogen-bond acceptors (Lipinski definition) is 4. The third kappa shape index (κ3) is 8.15. The molecular weight excluding hydrogens is 254 g/mol. The predicted molar refractivity (Wildman–Crippen MR) is 80.9 cm³/mol. The summed E-state index contributed by atoms with van der Waals surface area (Å²) < 4.78 is 5.45. The molecule has 1 aromatic rings. The Labute approximate surface area is 121 Å². The maximum Gasteiger partial charge on any atom is 0.119 e. The highest BCUT2D eigenvalue weighted by molar-refractivity contribution is 5.20. The number of ether oxygens (including phenoxy) is 1. The fourth-order valence-electron chi connectivity index (χ4n) is 1.96. The number of para-hydroxylation sites is 1. The number of hydrogen-bond donors (Lipinski definition) is 3. The van der Waals surface area contributed by atoms with Crippen molar-refractivity contribution in [3.8, 4) is 5.75 Å². The Morgan fingerprint density at radius 3 is 2.25 bits per heavy atom. The largest absolute Gasteiger partial charge is 0.491 e. The first-order valence-electron chi connectivity index (χ1n) is 7.11. The van der Waals surface area contributed by atoms with Crippen LogP contribution < -0.4 is 10.1 Å². The van der Waals surface area contributed by atoms with Gasteiger partial charge in [0.05, 0.1) is 6.10 Å². The molecule has 2 unspecified atom stereocenters. The summed E-state index contributed by atoms with van der Waals surface area (Å²) in [6, 6.07) is 9.41. The Balaban J connectivity index is 2.12. The summed E-state index contributed by atoms with van der Waals surface area (Å²) in [6.07, 6.45) is -0.245. The fraction of sp³-hybridized carbons (Fsp3) is 0.625. The lowest BCUT2D eigenvalue weighted by Crippen LogP contribution is -2.37. The van der Waals surface area contributed by atoms with Gasteiger partial charge in [-0.3, -0.25) is 0 Å². The van der Waals surface area contributed by atoms with Gasteiger partial charge in [0.2, 0.25) is 0 Å². The molecule has 1 rings (SSSR count). The molecule has 0 radical (unpaired) electrons. The van der Waals surface area contributed by atoms with Crippen LogP contribution in [0.2, 0.25) is 0 Å². The molecule has 0 amide bonds. The minimum absolute atomic E-state index is 0.107. The zero-order valence-electron chi connectivity index (χ0n) is 12.7. The smallest absolute Gasteiger partial charge is 0.119 e. The van der Waals surface area contributed by atoms with Gasteiger partial charge in [0, 0.05) is 13.1 Å². The molecule has 20 heavy (non-hydrogen) atoms. The van der Waals surface area contributed by atoms with Crippen molar-refractivity contribution in [2.45, 2.75) is 39.4 Å². The molecule has 0 aliphatic heterocycles. The molecule has 0 heterocycles. The van der Waals surface area contributed by atoms with E-state index in [1.165, 1.54) is 0 Å². The van der Waals surface area contributed by atoms with Gasteiger partial charge in [-0.15, -0.1) is 0 Å². The lowest BCUT2D eigenvalue weighted by atomic mass is 9.89. The molecule has 3 N–H and O–H groups in total. The number of aliphatic hydroxyl groups is 2. The number of nitrogens with one attached hydrogen (secondary N) is 1. The van der Waals surface area contributed by atoms with Gasteiger partial charge in [-0.1, -0.05) is 39.0 Å². The highest BCUT2D eigenvalue weighted by atomic mass is 16.5. The zero-order chi connectivity index (χ0) is 15.0. The van der Waals surface area contributed by atoms with E-state index in [1.807, 2.05) is 30.3 Å². The van der Waals surface area contributed by atoms with Crippen LogP contribution in [-0.2, 0) is 0 Å². The summed E-state index contributed by atoms with van der Waals surface area (Å²) in [5.74, 6) is 0.749. The van der Waals surface area contributed by atoms with Crippen LogP contribution in [0.3, 0.4) is 0 Å². The van der Waals surface area contributed by atoms with Crippen LogP contribution in [-0.4, -0.2) is 42.1 Å². The second kappa shape index (κ2) is 8.25. The first-order valence-corrected chi connectivity index (χ1v) is 7.11. The second-order valence-electron chi connectivity index (χ2n) is 6.35. The lowest BCUT2D eigenvalue weighted by molar-refractivity contribution is 0.0907. The Kier molecular flexibility index (Phi) is 6.99. The van der Waals surface area contributed by atoms with Crippen LogP contribution in [0.4, 0.5) is 0 Å². The molecule has 0 aromatic heterocycles. The molecule has 1 aromatic carbocycles. The summed E-state index contributed by atoms with van der Waals surface area (Å²) in [5, 5.41) is 22.7. The molecular formula is C16H27NO3. The van der Waals surface area contributed by atoms with Gasteiger partial charge in [-0.25, -0.2) is 0 Å². The molecule has 0 saturated carbocycles. The monoisotopic (exact) mass is 281 g/mol. The Bertz CT molecular complexity index is 362. The molecule has 0 aliphatic carbocycles. The van der Waals surface area contributed by atoms with Crippen LogP contribution >= 0.6 is 0 Å². The van der Waals surface area contributed by atoms with E-state index in [-0.39, 0.29) is 12.0 Å². The number of aliphatic hydroxyl groups excluding tert-OH is 2. The van der Waals surface area contributed by atoms with Crippen molar-refractivity contribution in [2.24, 2.45) is 5.41 Å². The molecule has 0 fully saturated rings. The van der Waals surface area contributed by atoms with Crippen LogP contribution in [0.1, 0.15) is 27.2 Å². The molecule has 0 bridgehead atoms. The van der Waals surface area contributed by atoms with Crippen molar-refractivity contribution in [1.29, 1.82) is 0 Å². The summed E-state index contributed by atoms with van der Waals surface area (Å²) in [6.45, 7) is 7.43. The maximum atomic E-state index is 9.83. The summed E-state index contributed by atoms with van der Waals surface area (Å²) >= 11 is 0. The zero-order valence-corrected chi connectivity index (χ0v) is 12.7. The third-order valence-electron chi connectivity index (χ3n) is 2.79. The highest BCUT2D eigenvalue weighted by Crippen LogP contribution is 2.20. The SMILES string of the molecule is CC(C)(C)CC(O)CNCC(O)COc1ccccc1. The van der Waals surface area contributed by atoms with Gasteiger partial charge in [0.15, 0.2) is 0 Å². The lowest BCUT2D eigenvalue weighted by Gasteiger charge is -2.23. The van der Waals surface area contributed by atoms with Crippen molar-refractivity contribution < 1.29 is 14.9 Å². The van der Waals surface area contributed by atoms with Crippen molar-refractivity contribution in [2.75, 3.05) is 19.7 Å². The second-order valence-corrected chi connectivity index (χ2v) is 6.35. The Hall–Kier alpha value is -1.10. The van der Waals surface area contributed by atoms with E-state index in [0.29, 0.717) is 13.1 Å². The topological polar surface area (TPSA) is 61.7 Å². The normalized spacial score (nSPS) is 14.8. The quantitative estimate of drug-likeness (QED) is 0.680. The average molecular weight is 281 g/mol. The molecule has 2 atom stereocenters. The van der Waals surface area contributed by atoms with E-state index in [4.69, 9.17) is 4.74 Å². The Morgan fingerprint density at radius 2 is 1.65 bits per heavy atom. The van der Waals surface area contributed by atoms with E-state index >= 15 is 0 Å². The predicted octanol–water partition coefficient (Wildman–Crippen LogP) is 1.81. The van der Waals surface area contributed by atoms with Gasteiger partial charge < -0.3 is 20.3 Å². The van der Waals surface area contributed by atoms with E-state index in [9.17, 15) is 10.2 Å². The van der Waals surface area contributed by atoms with E-state index in [0.717, 1.165) is 12.2 Å². The standard InChI is InChI=1S/C16H27NO3/c1-16(2,3)9-13(18)10-17-11-14(19)12-20-15-7-5-4-6-8-15/h4-8,13-14,17-19H,9-12H2,1-3H3. The average Bonchev–Trinajstić information content (AvgIpc) is 2.35. The minimum Gasteiger partial charge on any atom is -0.491 e. The summed E-state index contributed by atoms with van der Waals surface area (Å²) in [4.78, 5) is 0. The molecule has 4 heteroatoms. The molecule has 114 valence electrons. The van der Waals surface area contributed by atoms with Crippen LogP contribution in [0, 0.1) is 5.41 Å². The molecule has 0 saturated heterocycles. The van der Waals surface area contributed by atoms with Crippen molar-refractivity contribution in [3.05, 3.63) is 30.3 Å². The minimum atomic E-state index is -0.586. The van der Waals surface area contributed by atoms with E-state index in [1.54, 1.807) is 0 Å². The maximum absolute atomic E-state index is 9.83. The highest BCUT2D eigenvalue weighted by Gasteiger charge is 2.16. The summed E-state index contributed by atoms with van der Waals surface area (Å²) in [7, 11) is 0. The van der Waals surface area contributed by atoms with Crippen LogP contribution in [0.25, 0.3) is 0 Å². The van der Waals surface area contributed by atoms with Crippen LogP contribution in [0.5, 0.6) is 5.75 Å². The van der Waals surface area contributed by atoms with Gasteiger partial charge >= 0.3 is 0 Å². The molecule has 0 spiro atoms. The third-order valence-corrected chi connectivity index (χ3v) is 2.79. The van der Waals surface area contributed by atoms with Crippen LogP contribution in [0.15, 0.2) is 30.3 Å². The first-order chi connectivity index (χ1) is 9.37. The van der Waals surface area contributed by atoms with Gasteiger partial charge in [0.1, 0.15) is 18.5 Å². The summed E-state index contributed by atoms with van der Waals surface area (Å²) in [5.41, 5.74) is 0.107. The van der Waals surface area contributed by atoms with Gasteiger partial charge in [-0.05, 0) is 24.0 Å². The number of rotatable bonds is 8. The van der Waals surface area contributed by atoms with Gasteiger partial charge in [0.25, 0.3) is 0 Å². The molecule has 0 aliphatic rings.